The third-order valence-electron chi connectivity index (χ3n) is 3.62. The van der Waals surface area contributed by atoms with Crippen molar-refractivity contribution in [2.45, 2.75) is 25.5 Å². The van der Waals surface area contributed by atoms with Gasteiger partial charge in [-0.3, -0.25) is 0 Å². The number of hydrogen-bond donors (Lipinski definition) is 2. The molecule has 0 heterocycles. The molecule has 2 aromatic carbocycles. The molecule has 0 saturated heterocycles. The lowest BCUT2D eigenvalue weighted by atomic mass is 10.1. The van der Waals surface area contributed by atoms with E-state index in [1.54, 1.807) is 19.2 Å². The molecule has 0 saturated carbocycles. The second-order valence-corrected chi connectivity index (χ2v) is 5.40. The topological polar surface area (TPSA) is 41.5 Å². The summed E-state index contributed by atoms with van der Waals surface area (Å²) < 4.78 is 18.8. The summed E-state index contributed by atoms with van der Waals surface area (Å²) >= 11 is 0. The summed E-state index contributed by atoms with van der Waals surface area (Å²) in [7, 11) is 1.60. The highest BCUT2D eigenvalue weighted by molar-refractivity contribution is 5.30. The first-order valence-corrected chi connectivity index (χ1v) is 7.39. The van der Waals surface area contributed by atoms with E-state index < -0.39 is 6.10 Å². The molecule has 2 N–H and O–H groups in total. The first-order chi connectivity index (χ1) is 10.6. The highest BCUT2D eigenvalue weighted by atomic mass is 19.1. The second-order valence-electron chi connectivity index (χ2n) is 5.40. The summed E-state index contributed by atoms with van der Waals surface area (Å²) in [5.74, 6) is 0.528. The summed E-state index contributed by atoms with van der Waals surface area (Å²) in [6.07, 6.45) is -0.0458. The third kappa shape index (κ3) is 4.55. The molecule has 4 heteroatoms. The molecule has 0 aromatic heterocycles. The highest BCUT2D eigenvalue weighted by Gasteiger charge is 2.12. The van der Waals surface area contributed by atoms with Crippen LogP contribution in [0.3, 0.4) is 0 Å². The molecule has 0 aliphatic heterocycles. The largest absolute Gasteiger partial charge is 0.497 e. The van der Waals surface area contributed by atoms with Crippen LogP contribution in [0.25, 0.3) is 0 Å². The normalized spacial score (nSPS) is 13.6. The van der Waals surface area contributed by atoms with Gasteiger partial charge in [-0.05, 0) is 42.7 Å². The number of aliphatic hydroxyl groups excluding tert-OH is 1. The van der Waals surface area contributed by atoms with Gasteiger partial charge in [-0.15, -0.1) is 0 Å². The average Bonchev–Trinajstić information content (AvgIpc) is 2.55. The monoisotopic (exact) mass is 303 g/mol. The zero-order valence-corrected chi connectivity index (χ0v) is 12.9. The number of benzene rings is 2. The maximum Gasteiger partial charge on any atom is 0.126 e. The van der Waals surface area contributed by atoms with Gasteiger partial charge in [0.25, 0.3) is 0 Å². The Kier molecular flexibility index (Phi) is 5.92. The first-order valence-electron chi connectivity index (χ1n) is 7.39. The van der Waals surface area contributed by atoms with E-state index in [2.05, 4.69) is 5.32 Å². The highest BCUT2D eigenvalue weighted by Crippen LogP contribution is 2.18. The van der Waals surface area contributed by atoms with Crippen molar-refractivity contribution in [2.24, 2.45) is 0 Å². The lowest BCUT2D eigenvalue weighted by molar-refractivity contribution is 0.170. The van der Waals surface area contributed by atoms with Gasteiger partial charge in [0.05, 0.1) is 13.2 Å². The van der Waals surface area contributed by atoms with Crippen molar-refractivity contribution < 1.29 is 14.2 Å². The van der Waals surface area contributed by atoms with E-state index in [0.717, 1.165) is 11.3 Å². The van der Waals surface area contributed by atoms with Crippen molar-refractivity contribution in [3.63, 3.8) is 0 Å². The fourth-order valence-electron chi connectivity index (χ4n) is 2.35. The number of halogens is 1. The minimum atomic E-state index is -0.627. The van der Waals surface area contributed by atoms with E-state index in [-0.39, 0.29) is 11.9 Å². The van der Waals surface area contributed by atoms with Crippen LogP contribution in [0.1, 0.15) is 24.2 Å². The summed E-state index contributed by atoms with van der Waals surface area (Å²) in [6, 6.07) is 14.2. The molecule has 0 amide bonds. The van der Waals surface area contributed by atoms with Gasteiger partial charge in [-0.1, -0.05) is 30.3 Å². The van der Waals surface area contributed by atoms with Crippen molar-refractivity contribution in [1.29, 1.82) is 0 Å². The number of ether oxygens (including phenoxy) is 1. The Morgan fingerprint density at radius 1 is 1.18 bits per heavy atom. The van der Waals surface area contributed by atoms with Crippen LogP contribution in [-0.4, -0.2) is 24.8 Å². The van der Waals surface area contributed by atoms with E-state index in [9.17, 15) is 9.50 Å². The van der Waals surface area contributed by atoms with Crippen LogP contribution in [-0.2, 0) is 6.42 Å². The van der Waals surface area contributed by atoms with Gasteiger partial charge in [-0.25, -0.2) is 4.39 Å². The van der Waals surface area contributed by atoms with E-state index >= 15 is 0 Å². The number of hydrogen-bond acceptors (Lipinski definition) is 3. The maximum atomic E-state index is 13.6. The molecule has 2 rings (SSSR count). The molecule has 22 heavy (non-hydrogen) atoms. The van der Waals surface area contributed by atoms with Crippen LogP contribution in [0.4, 0.5) is 4.39 Å². The molecule has 2 atom stereocenters. The molecule has 0 aliphatic rings. The third-order valence-corrected chi connectivity index (χ3v) is 3.62. The van der Waals surface area contributed by atoms with Gasteiger partial charge in [0.2, 0.25) is 0 Å². The lowest BCUT2D eigenvalue weighted by Gasteiger charge is -2.18. The number of methoxy groups -OCH3 is 1. The van der Waals surface area contributed by atoms with Gasteiger partial charge in [-0.2, -0.15) is 0 Å². The number of nitrogens with one attached hydrogen (secondary N) is 1. The van der Waals surface area contributed by atoms with Gasteiger partial charge in [0.1, 0.15) is 11.6 Å². The van der Waals surface area contributed by atoms with Crippen molar-refractivity contribution >= 4 is 0 Å². The lowest BCUT2D eigenvalue weighted by Crippen LogP contribution is -2.32. The summed E-state index contributed by atoms with van der Waals surface area (Å²) in [6.45, 7) is 2.38. The van der Waals surface area contributed by atoms with Crippen LogP contribution >= 0.6 is 0 Å². The van der Waals surface area contributed by atoms with E-state index in [1.807, 2.05) is 37.3 Å². The SMILES string of the molecule is COc1cccc(C(O)CNC(C)Cc2ccccc2F)c1. The average molecular weight is 303 g/mol. The molecule has 118 valence electrons. The van der Waals surface area contributed by atoms with E-state index in [1.165, 1.54) is 6.07 Å². The van der Waals surface area contributed by atoms with Crippen LogP contribution in [0, 0.1) is 5.82 Å². The van der Waals surface area contributed by atoms with Crippen LogP contribution in [0.15, 0.2) is 48.5 Å². The predicted molar refractivity (Wildman–Crippen MR) is 85.5 cm³/mol. The Morgan fingerprint density at radius 2 is 1.95 bits per heavy atom. The molecule has 0 radical (unpaired) electrons. The van der Waals surface area contributed by atoms with Gasteiger partial charge in [0, 0.05) is 12.6 Å². The van der Waals surface area contributed by atoms with Crippen molar-refractivity contribution in [2.75, 3.05) is 13.7 Å². The smallest absolute Gasteiger partial charge is 0.126 e. The minimum Gasteiger partial charge on any atom is -0.497 e. The Labute approximate surface area is 130 Å². The van der Waals surface area contributed by atoms with Crippen LogP contribution in [0.2, 0.25) is 0 Å². The predicted octanol–water partition coefficient (Wildman–Crippen LogP) is 3.09. The molecule has 0 bridgehead atoms. The van der Waals surface area contributed by atoms with E-state index in [0.29, 0.717) is 18.5 Å². The minimum absolute atomic E-state index is 0.0668. The quantitative estimate of drug-likeness (QED) is 0.826. The van der Waals surface area contributed by atoms with Crippen LogP contribution < -0.4 is 10.1 Å². The number of aliphatic hydroxyl groups is 1. The van der Waals surface area contributed by atoms with E-state index in [4.69, 9.17) is 4.74 Å². The zero-order chi connectivity index (χ0) is 15.9. The molecule has 2 unspecified atom stereocenters. The Balaban J connectivity index is 1.87. The standard InChI is InChI=1S/C18H22FNO2/c1-13(10-14-6-3-4-9-17(14)19)20-12-18(21)15-7-5-8-16(11-15)22-2/h3-9,11,13,18,20-21H,10,12H2,1-2H3. The Morgan fingerprint density at radius 3 is 2.68 bits per heavy atom. The fourth-order valence-corrected chi connectivity index (χ4v) is 2.35. The van der Waals surface area contributed by atoms with Crippen molar-refractivity contribution in [1.82, 2.24) is 5.32 Å². The number of rotatable bonds is 7. The fraction of sp³-hybridized carbons (Fsp3) is 0.333. The molecule has 0 aliphatic carbocycles. The van der Waals surface area contributed by atoms with Crippen LogP contribution in [0.5, 0.6) is 5.75 Å². The van der Waals surface area contributed by atoms with Crippen molar-refractivity contribution in [3.8, 4) is 5.75 Å². The molecule has 0 fully saturated rings. The van der Waals surface area contributed by atoms with Crippen molar-refractivity contribution in [3.05, 3.63) is 65.5 Å². The van der Waals surface area contributed by atoms with Gasteiger partial charge < -0.3 is 15.2 Å². The maximum absolute atomic E-state index is 13.6. The molecule has 3 nitrogen and oxygen atoms in total. The molecular formula is C18H22FNO2. The molecule has 0 spiro atoms. The first kappa shape index (κ1) is 16.5. The molecular weight excluding hydrogens is 281 g/mol. The Bertz CT molecular complexity index is 603. The summed E-state index contributed by atoms with van der Waals surface area (Å²) in [4.78, 5) is 0. The second kappa shape index (κ2) is 7.92. The summed E-state index contributed by atoms with van der Waals surface area (Å²) in [5, 5.41) is 13.5. The summed E-state index contributed by atoms with van der Waals surface area (Å²) in [5.41, 5.74) is 1.48. The Hall–Kier alpha value is -1.91. The molecule has 2 aromatic rings. The van der Waals surface area contributed by atoms with Gasteiger partial charge >= 0.3 is 0 Å². The van der Waals surface area contributed by atoms with Gasteiger partial charge in [0.15, 0.2) is 0 Å². The zero-order valence-electron chi connectivity index (χ0n) is 12.9.